The summed E-state index contributed by atoms with van der Waals surface area (Å²) in [6.07, 6.45) is 0.101. The van der Waals surface area contributed by atoms with Crippen LogP contribution in [0.25, 0.3) is 0 Å². The standard InChI is InChI=1S/C14H11Cl2NO3/c15-9-6-11(16)14(20)12(7-9)17-13(19)5-8-1-3-10(18)4-2-8/h1-4,6-7,18,20H,5H2,(H,17,19). The molecule has 0 aliphatic carbocycles. The van der Waals surface area contributed by atoms with E-state index in [0.717, 1.165) is 5.56 Å². The molecule has 0 fully saturated rings. The van der Waals surface area contributed by atoms with Gasteiger partial charge in [0.15, 0.2) is 5.75 Å². The second-order valence-electron chi connectivity index (χ2n) is 4.18. The van der Waals surface area contributed by atoms with Gasteiger partial charge in [-0.2, -0.15) is 0 Å². The van der Waals surface area contributed by atoms with Crippen LogP contribution in [0.3, 0.4) is 0 Å². The van der Waals surface area contributed by atoms with Crippen molar-refractivity contribution in [1.29, 1.82) is 0 Å². The van der Waals surface area contributed by atoms with Crippen LogP contribution in [0, 0.1) is 0 Å². The number of rotatable bonds is 3. The van der Waals surface area contributed by atoms with Crippen molar-refractivity contribution in [2.24, 2.45) is 0 Å². The minimum absolute atomic E-state index is 0.0671. The molecule has 0 unspecified atom stereocenters. The first-order chi connectivity index (χ1) is 9.45. The topological polar surface area (TPSA) is 69.6 Å². The van der Waals surface area contributed by atoms with Crippen molar-refractivity contribution < 1.29 is 15.0 Å². The molecule has 0 radical (unpaired) electrons. The number of carbonyl (C=O) groups is 1. The molecule has 2 aromatic carbocycles. The van der Waals surface area contributed by atoms with Gasteiger partial charge in [0.25, 0.3) is 0 Å². The average Bonchev–Trinajstić information content (AvgIpc) is 2.38. The highest BCUT2D eigenvalue weighted by molar-refractivity contribution is 6.36. The van der Waals surface area contributed by atoms with E-state index in [-0.39, 0.29) is 34.5 Å². The van der Waals surface area contributed by atoms with Gasteiger partial charge in [0.1, 0.15) is 5.75 Å². The molecule has 0 spiro atoms. The highest BCUT2D eigenvalue weighted by atomic mass is 35.5. The Labute approximate surface area is 125 Å². The number of hydrogen-bond donors (Lipinski definition) is 3. The first-order valence-electron chi connectivity index (χ1n) is 5.71. The highest BCUT2D eigenvalue weighted by Gasteiger charge is 2.11. The molecule has 0 heterocycles. The molecule has 0 saturated carbocycles. The van der Waals surface area contributed by atoms with Crippen molar-refractivity contribution in [3.8, 4) is 11.5 Å². The summed E-state index contributed by atoms with van der Waals surface area (Å²) in [5.74, 6) is -0.423. The quantitative estimate of drug-likeness (QED) is 0.759. The lowest BCUT2D eigenvalue weighted by Crippen LogP contribution is -2.14. The maximum Gasteiger partial charge on any atom is 0.228 e. The molecule has 0 aliphatic heterocycles. The molecule has 4 nitrogen and oxygen atoms in total. The summed E-state index contributed by atoms with van der Waals surface area (Å²) in [4.78, 5) is 11.9. The maximum absolute atomic E-state index is 11.9. The van der Waals surface area contributed by atoms with E-state index >= 15 is 0 Å². The summed E-state index contributed by atoms with van der Waals surface area (Å²) in [5, 5.41) is 21.8. The molecule has 0 bridgehead atoms. The van der Waals surface area contributed by atoms with Crippen molar-refractivity contribution >= 4 is 34.8 Å². The van der Waals surface area contributed by atoms with E-state index in [1.54, 1.807) is 12.1 Å². The number of carbonyl (C=O) groups excluding carboxylic acids is 1. The number of hydrogen-bond acceptors (Lipinski definition) is 3. The average molecular weight is 312 g/mol. The third-order valence-electron chi connectivity index (χ3n) is 2.60. The summed E-state index contributed by atoms with van der Waals surface area (Å²) in [5.41, 5.74) is 0.888. The Bertz CT molecular complexity index is 642. The molecule has 104 valence electrons. The molecule has 0 atom stereocenters. The molecular weight excluding hydrogens is 301 g/mol. The largest absolute Gasteiger partial charge is 0.508 e. The van der Waals surface area contributed by atoms with Crippen LogP contribution in [0.2, 0.25) is 10.0 Å². The van der Waals surface area contributed by atoms with Crippen molar-refractivity contribution in [1.82, 2.24) is 0 Å². The minimum atomic E-state index is -0.329. The second kappa shape index (κ2) is 6.03. The fraction of sp³-hybridized carbons (Fsp3) is 0.0714. The van der Waals surface area contributed by atoms with Crippen LogP contribution in [0.1, 0.15) is 5.56 Å². The number of halogens is 2. The third-order valence-corrected chi connectivity index (χ3v) is 3.11. The summed E-state index contributed by atoms with van der Waals surface area (Å²) in [6.45, 7) is 0. The first-order valence-corrected chi connectivity index (χ1v) is 6.47. The maximum atomic E-state index is 11.9. The minimum Gasteiger partial charge on any atom is -0.508 e. The number of nitrogens with one attached hydrogen (secondary N) is 1. The van der Waals surface area contributed by atoms with Crippen LogP contribution in [0.4, 0.5) is 5.69 Å². The monoisotopic (exact) mass is 311 g/mol. The zero-order chi connectivity index (χ0) is 14.7. The number of phenols is 2. The summed E-state index contributed by atoms with van der Waals surface area (Å²) in [7, 11) is 0. The van der Waals surface area contributed by atoms with Gasteiger partial charge in [-0.3, -0.25) is 4.79 Å². The molecule has 2 rings (SSSR count). The van der Waals surface area contributed by atoms with Crippen molar-refractivity contribution in [2.75, 3.05) is 5.32 Å². The van der Waals surface area contributed by atoms with Gasteiger partial charge in [0, 0.05) is 5.02 Å². The zero-order valence-electron chi connectivity index (χ0n) is 10.2. The fourth-order valence-electron chi connectivity index (χ4n) is 1.65. The van der Waals surface area contributed by atoms with Crippen molar-refractivity contribution in [3.05, 3.63) is 52.0 Å². The van der Waals surface area contributed by atoms with Crippen LogP contribution in [-0.4, -0.2) is 16.1 Å². The van der Waals surface area contributed by atoms with Crippen LogP contribution in [0.5, 0.6) is 11.5 Å². The molecule has 6 heteroatoms. The van der Waals surface area contributed by atoms with E-state index in [4.69, 9.17) is 28.3 Å². The smallest absolute Gasteiger partial charge is 0.228 e. The van der Waals surface area contributed by atoms with Gasteiger partial charge >= 0.3 is 0 Å². The highest BCUT2D eigenvalue weighted by Crippen LogP contribution is 2.35. The Balaban J connectivity index is 2.10. The predicted octanol–water partition coefficient (Wildman–Crippen LogP) is 3.59. The Hall–Kier alpha value is -1.91. The first kappa shape index (κ1) is 14.5. The normalized spacial score (nSPS) is 10.3. The van der Waals surface area contributed by atoms with Gasteiger partial charge in [0.05, 0.1) is 17.1 Å². The number of amides is 1. The zero-order valence-corrected chi connectivity index (χ0v) is 11.7. The van der Waals surface area contributed by atoms with E-state index in [9.17, 15) is 9.90 Å². The lowest BCUT2D eigenvalue weighted by atomic mass is 10.1. The Morgan fingerprint density at radius 3 is 2.40 bits per heavy atom. The molecule has 0 aliphatic rings. The Morgan fingerprint density at radius 1 is 1.10 bits per heavy atom. The van der Waals surface area contributed by atoms with Crippen LogP contribution in [0.15, 0.2) is 36.4 Å². The summed E-state index contributed by atoms with van der Waals surface area (Å²) >= 11 is 11.6. The number of phenolic OH excluding ortho intramolecular Hbond substituents is 2. The fourth-order valence-corrected chi connectivity index (χ4v) is 2.15. The molecule has 3 N–H and O–H groups in total. The molecule has 0 saturated heterocycles. The van der Waals surface area contributed by atoms with Gasteiger partial charge in [-0.15, -0.1) is 0 Å². The lowest BCUT2D eigenvalue weighted by Gasteiger charge is -2.09. The van der Waals surface area contributed by atoms with E-state index in [2.05, 4.69) is 5.32 Å². The van der Waals surface area contributed by atoms with Gasteiger partial charge in [-0.1, -0.05) is 35.3 Å². The SMILES string of the molecule is O=C(Cc1ccc(O)cc1)Nc1cc(Cl)cc(Cl)c1O. The van der Waals surface area contributed by atoms with E-state index in [1.807, 2.05) is 0 Å². The van der Waals surface area contributed by atoms with E-state index in [0.29, 0.717) is 5.02 Å². The number of anilines is 1. The summed E-state index contributed by atoms with van der Waals surface area (Å²) in [6, 6.07) is 9.07. The molecule has 1 amide bonds. The van der Waals surface area contributed by atoms with E-state index in [1.165, 1.54) is 24.3 Å². The lowest BCUT2D eigenvalue weighted by molar-refractivity contribution is -0.115. The van der Waals surface area contributed by atoms with E-state index < -0.39 is 0 Å². The van der Waals surface area contributed by atoms with Crippen molar-refractivity contribution in [2.45, 2.75) is 6.42 Å². The van der Waals surface area contributed by atoms with Gasteiger partial charge in [-0.25, -0.2) is 0 Å². The predicted molar refractivity (Wildman–Crippen MR) is 78.6 cm³/mol. The van der Waals surface area contributed by atoms with Gasteiger partial charge in [-0.05, 0) is 29.8 Å². The Kier molecular flexibility index (Phi) is 4.37. The van der Waals surface area contributed by atoms with Gasteiger partial charge < -0.3 is 15.5 Å². The number of benzene rings is 2. The summed E-state index contributed by atoms with van der Waals surface area (Å²) < 4.78 is 0. The molecule has 20 heavy (non-hydrogen) atoms. The van der Waals surface area contributed by atoms with Crippen LogP contribution >= 0.6 is 23.2 Å². The molecule has 0 aromatic heterocycles. The van der Waals surface area contributed by atoms with Crippen LogP contribution in [-0.2, 0) is 11.2 Å². The third kappa shape index (κ3) is 3.56. The van der Waals surface area contributed by atoms with Gasteiger partial charge in [0.2, 0.25) is 5.91 Å². The second-order valence-corrected chi connectivity index (χ2v) is 5.02. The molecule has 2 aromatic rings. The van der Waals surface area contributed by atoms with Crippen LogP contribution < -0.4 is 5.32 Å². The Morgan fingerprint density at radius 2 is 1.75 bits per heavy atom. The van der Waals surface area contributed by atoms with Crippen molar-refractivity contribution in [3.63, 3.8) is 0 Å². The molecular formula is C14H11Cl2NO3. The number of aromatic hydroxyl groups is 2.